The first-order valence-corrected chi connectivity index (χ1v) is 5.66. The van der Waals surface area contributed by atoms with E-state index in [1.165, 1.54) is 38.9 Å². The Balaban J connectivity index is 2.20. The van der Waals surface area contributed by atoms with Crippen molar-refractivity contribution in [2.45, 2.75) is 38.4 Å². The van der Waals surface area contributed by atoms with Crippen LogP contribution in [0.5, 0.6) is 0 Å². The lowest BCUT2D eigenvalue weighted by molar-refractivity contribution is 0.185. The van der Waals surface area contributed by atoms with Crippen molar-refractivity contribution in [1.29, 1.82) is 0 Å². The summed E-state index contributed by atoms with van der Waals surface area (Å²) < 4.78 is 0. The average molecular weight is 187 g/mol. The Kier molecular flexibility index (Phi) is 4.44. The zero-order chi connectivity index (χ0) is 8.97. The highest BCUT2D eigenvalue weighted by molar-refractivity contribution is 7.80. The summed E-state index contributed by atoms with van der Waals surface area (Å²) in [5.74, 6) is 0.862. The van der Waals surface area contributed by atoms with E-state index in [9.17, 15) is 0 Å². The highest BCUT2D eigenvalue weighted by atomic mass is 32.1. The van der Waals surface area contributed by atoms with Crippen LogP contribution in [-0.4, -0.2) is 29.8 Å². The molecule has 0 N–H and O–H groups in total. The number of hydrogen-bond donors (Lipinski definition) is 1. The summed E-state index contributed by atoms with van der Waals surface area (Å²) in [6.45, 7) is 8.36. The fourth-order valence-electron chi connectivity index (χ4n) is 1.98. The maximum atomic E-state index is 4.50. The van der Waals surface area contributed by atoms with Gasteiger partial charge in [0, 0.05) is 5.25 Å². The molecular weight excluding hydrogens is 166 g/mol. The molecule has 0 aromatic heterocycles. The first-order valence-electron chi connectivity index (χ1n) is 5.14. The largest absolute Gasteiger partial charge is 0.303 e. The Morgan fingerprint density at radius 3 is 2.42 bits per heavy atom. The Morgan fingerprint density at radius 2 is 2.00 bits per heavy atom. The molecule has 72 valence electrons. The summed E-state index contributed by atoms with van der Waals surface area (Å²) in [6, 6.07) is 0. The SMILES string of the molecule is CCCN1CCC(C(C)S)CC1. The number of piperidine rings is 1. The van der Waals surface area contributed by atoms with Crippen molar-refractivity contribution >= 4 is 12.6 Å². The fraction of sp³-hybridized carbons (Fsp3) is 1.00. The van der Waals surface area contributed by atoms with Crippen LogP contribution in [-0.2, 0) is 0 Å². The zero-order valence-corrected chi connectivity index (χ0v) is 9.19. The monoisotopic (exact) mass is 187 g/mol. The van der Waals surface area contributed by atoms with Crippen LogP contribution in [0.3, 0.4) is 0 Å². The lowest BCUT2D eigenvalue weighted by atomic mass is 9.94. The first-order chi connectivity index (χ1) is 5.74. The van der Waals surface area contributed by atoms with Gasteiger partial charge in [0.15, 0.2) is 0 Å². The van der Waals surface area contributed by atoms with Crippen molar-refractivity contribution < 1.29 is 0 Å². The normalized spacial score (nSPS) is 24.2. The van der Waals surface area contributed by atoms with Crippen LogP contribution in [0.25, 0.3) is 0 Å². The van der Waals surface area contributed by atoms with Crippen molar-refractivity contribution in [3.8, 4) is 0 Å². The lowest BCUT2D eigenvalue weighted by Gasteiger charge is -2.33. The van der Waals surface area contributed by atoms with Gasteiger partial charge in [-0.2, -0.15) is 12.6 Å². The Labute approximate surface area is 81.9 Å². The molecular formula is C10H21NS. The lowest BCUT2D eigenvalue weighted by Crippen LogP contribution is -2.36. The van der Waals surface area contributed by atoms with Crippen molar-refractivity contribution in [3.05, 3.63) is 0 Å². The molecule has 0 spiro atoms. The molecule has 0 saturated carbocycles. The molecule has 12 heavy (non-hydrogen) atoms. The van der Waals surface area contributed by atoms with Gasteiger partial charge >= 0.3 is 0 Å². The van der Waals surface area contributed by atoms with Crippen LogP contribution in [0.15, 0.2) is 0 Å². The van der Waals surface area contributed by atoms with Gasteiger partial charge in [0.05, 0.1) is 0 Å². The van der Waals surface area contributed by atoms with Gasteiger partial charge in [0.25, 0.3) is 0 Å². The Bertz CT molecular complexity index is 117. The van der Waals surface area contributed by atoms with E-state index < -0.39 is 0 Å². The van der Waals surface area contributed by atoms with Crippen LogP contribution in [0, 0.1) is 5.92 Å². The van der Waals surface area contributed by atoms with E-state index in [1.54, 1.807) is 0 Å². The van der Waals surface area contributed by atoms with E-state index in [2.05, 4.69) is 31.4 Å². The molecule has 2 heteroatoms. The van der Waals surface area contributed by atoms with Crippen molar-refractivity contribution in [1.82, 2.24) is 4.90 Å². The summed E-state index contributed by atoms with van der Waals surface area (Å²) in [6.07, 6.45) is 4.00. The molecule has 0 amide bonds. The van der Waals surface area contributed by atoms with Gasteiger partial charge in [-0.05, 0) is 44.8 Å². The van der Waals surface area contributed by atoms with Crippen molar-refractivity contribution in [2.24, 2.45) is 5.92 Å². The summed E-state index contributed by atoms with van der Waals surface area (Å²) in [4.78, 5) is 2.58. The van der Waals surface area contributed by atoms with Crippen LogP contribution in [0.1, 0.15) is 33.1 Å². The standard InChI is InChI=1S/C10H21NS/c1-3-6-11-7-4-10(5-8-11)9(2)12/h9-10,12H,3-8H2,1-2H3. The van der Waals surface area contributed by atoms with Crippen molar-refractivity contribution in [2.75, 3.05) is 19.6 Å². The van der Waals surface area contributed by atoms with Crippen molar-refractivity contribution in [3.63, 3.8) is 0 Å². The number of nitrogens with zero attached hydrogens (tertiary/aromatic N) is 1. The third-order valence-corrected chi connectivity index (χ3v) is 3.28. The van der Waals surface area contributed by atoms with Crippen LogP contribution >= 0.6 is 12.6 Å². The van der Waals surface area contributed by atoms with Gasteiger partial charge in [-0.25, -0.2) is 0 Å². The zero-order valence-electron chi connectivity index (χ0n) is 8.29. The summed E-state index contributed by atoms with van der Waals surface area (Å²) >= 11 is 4.50. The summed E-state index contributed by atoms with van der Waals surface area (Å²) in [5, 5.41) is 0.591. The molecule has 0 bridgehead atoms. The van der Waals surface area contributed by atoms with E-state index in [0.717, 1.165) is 5.92 Å². The predicted molar refractivity (Wildman–Crippen MR) is 57.9 cm³/mol. The molecule has 0 aromatic rings. The molecule has 0 aliphatic carbocycles. The van der Waals surface area contributed by atoms with E-state index >= 15 is 0 Å². The molecule has 1 saturated heterocycles. The van der Waals surface area contributed by atoms with Gasteiger partial charge in [-0.3, -0.25) is 0 Å². The van der Waals surface area contributed by atoms with Crippen LogP contribution in [0.2, 0.25) is 0 Å². The number of hydrogen-bond acceptors (Lipinski definition) is 2. The molecule has 1 aliphatic heterocycles. The minimum Gasteiger partial charge on any atom is -0.303 e. The van der Waals surface area contributed by atoms with Crippen LogP contribution in [0.4, 0.5) is 0 Å². The number of rotatable bonds is 3. The Morgan fingerprint density at radius 1 is 1.42 bits per heavy atom. The molecule has 0 radical (unpaired) electrons. The first kappa shape index (κ1) is 10.4. The highest BCUT2D eigenvalue weighted by Gasteiger charge is 2.20. The van der Waals surface area contributed by atoms with Crippen LogP contribution < -0.4 is 0 Å². The smallest absolute Gasteiger partial charge is 0.00176 e. The molecule has 1 unspecified atom stereocenters. The van der Waals surface area contributed by atoms with E-state index in [1.807, 2.05) is 0 Å². The number of likely N-dealkylation sites (tertiary alicyclic amines) is 1. The fourth-order valence-corrected chi connectivity index (χ4v) is 2.27. The van der Waals surface area contributed by atoms with Gasteiger partial charge in [0.1, 0.15) is 0 Å². The van der Waals surface area contributed by atoms with Gasteiger partial charge in [-0.1, -0.05) is 13.8 Å². The van der Waals surface area contributed by atoms with Gasteiger partial charge in [0.2, 0.25) is 0 Å². The molecule has 1 aliphatic rings. The number of thiol groups is 1. The molecule has 1 nitrogen and oxygen atoms in total. The van der Waals surface area contributed by atoms with E-state index in [4.69, 9.17) is 0 Å². The van der Waals surface area contributed by atoms with Gasteiger partial charge in [-0.15, -0.1) is 0 Å². The third-order valence-electron chi connectivity index (χ3n) is 2.85. The molecule has 0 aromatic carbocycles. The molecule has 1 rings (SSSR count). The topological polar surface area (TPSA) is 3.24 Å². The third kappa shape index (κ3) is 2.98. The maximum absolute atomic E-state index is 4.50. The molecule has 1 fully saturated rings. The Hall–Kier alpha value is 0.310. The maximum Gasteiger partial charge on any atom is 0.00176 e. The van der Waals surface area contributed by atoms with Gasteiger partial charge < -0.3 is 4.90 Å². The quantitative estimate of drug-likeness (QED) is 0.664. The summed E-state index contributed by atoms with van der Waals surface area (Å²) in [5.41, 5.74) is 0. The van der Waals surface area contributed by atoms with E-state index in [0.29, 0.717) is 5.25 Å². The van der Waals surface area contributed by atoms with E-state index in [-0.39, 0.29) is 0 Å². The molecule has 1 atom stereocenters. The second-order valence-corrected chi connectivity index (χ2v) is 4.73. The highest BCUT2D eigenvalue weighted by Crippen LogP contribution is 2.23. The predicted octanol–water partition coefficient (Wildman–Crippen LogP) is 2.43. The minimum absolute atomic E-state index is 0.591. The molecule has 1 heterocycles. The average Bonchev–Trinajstić information content (AvgIpc) is 2.06. The second-order valence-electron chi connectivity index (χ2n) is 3.92. The summed E-state index contributed by atoms with van der Waals surface area (Å²) in [7, 11) is 0. The minimum atomic E-state index is 0.591. The second kappa shape index (κ2) is 5.13.